The first-order valence-electron chi connectivity index (χ1n) is 22.5. The quantitative estimate of drug-likeness (QED) is 0.159. The van der Waals surface area contributed by atoms with Crippen LogP contribution in [0.1, 0.15) is 25.0 Å². The van der Waals surface area contributed by atoms with Crippen molar-refractivity contribution in [3.05, 3.63) is 248 Å². The molecule has 308 valence electrons. The highest BCUT2D eigenvalue weighted by molar-refractivity contribution is 6.04. The first-order valence-corrected chi connectivity index (χ1v) is 22.5. The SMILES string of the molecule is CC1(C)c2ccccc2-c2ccc(N(c3cccc(-c4ccccc4)c3)c3cccc4c3-c3ccc(-c5ccccc5)cc3-c3c(cccc3-c3ccc(-c5ccccc5)cc3)O4)cc21. The van der Waals surface area contributed by atoms with Gasteiger partial charge in [-0.2, -0.15) is 0 Å². The van der Waals surface area contributed by atoms with Crippen molar-refractivity contribution in [3.8, 4) is 89.4 Å². The van der Waals surface area contributed by atoms with E-state index in [0.717, 1.165) is 73.1 Å². The molecule has 1 aliphatic heterocycles. The molecule has 2 heteroatoms. The smallest absolute Gasteiger partial charge is 0.137 e. The van der Waals surface area contributed by atoms with Gasteiger partial charge in [0, 0.05) is 27.9 Å². The van der Waals surface area contributed by atoms with Gasteiger partial charge in [0.15, 0.2) is 0 Å². The summed E-state index contributed by atoms with van der Waals surface area (Å²) in [6.07, 6.45) is 0. The van der Waals surface area contributed by atoms with E-state index in [-0.39, 0.29) is 5.41 Å². The van der Waals surface area contributed by atoms with Gasteiger partial charge in [-0.05, 0) is 126 Å². The van der Waals surface area contributed by atoms with Crippen LogP contribution in [0.5, 0.6) is 11.5 Å². The third-order valence-electron chi connectivity index (χ3n) is 13.5. The standard InChI is InChI=1S/C63H45NO/c1-63(2)56-27-13-12-25-52(56)53-38-36-50(41-57(53)63)64(49-24-14-23-47(39-49)43-19-8-4-9-20-43)58-28-16-30-60-62(58)54-37-35-48(44-21-10-5-11-22-44)40-55(54)61-51(26-15-29-59(61)65-60)46-33-31-45(32-34-46)42-17-6-3-7-18-42/h3-41H,1-2H3. The van der Waals surface area contributed by atoms with Crippen LogP contribution in [0, 0.1) is 0 Å². The molecule has 0 aromatic heterocycles. The average Bonchev–Trinajstić information content (AvgIpc) is 3.49. The zero-order chi connectivity index (χ0) is 43.5. The monoisotopic (exact) mass is 831 g/mol. The molecule has 0 atom stereocenters. The molecular weight excluding hydrogens is 787 g/mol. The minimum Gasteiger partial charge on any atom is -0.456 e. The van der Waals surface area contributed by atoms with Crippen molar-refractivity contribution < 1.29 is 4.74 Å². The molecular formula is C63H45NO. The zero-order valence-electron chi connectivity index (χ0n) is 36.4. The van der Waals surface area contributed by atoms with E-state index in [9.17, 15) is 0 Å². The molecule has 0 fully saturated rings. The van der Waals surface area contributed by atoms with Crippen molar-refractivity contribution in [1.29, 1.82) is 0 Å². The predicted molar refractivity (Wildman–Crippen MR) is 271 cm³/mol. The van der Waals surface area contributed by atoms with Gasteiger partial charge >= 0.3 is 0 Å². The molecule has 0 spiro atoms. The molecule has 1 heterocycles. The predicted octanol–water partition coefficient (Wildman–Crippen LogP) is 17.6. The summed E-state index contributed by atoms with van der Waals surface area (Å²) in [5.41, 5.74) is 21.9. The van der Waals surface area contributed by atoms with E-state index in [2.05, 4.69) is 255 Å². The molecule has 0 bridgehead atoms. The second-order valence-electron chi connectivity index (χ2n) is 17.7. The molecule has 0 saturated carbocycles. The lowest BCUT2D eigenvalue weighted by atomic mass is 9.82. The molecule has 2 nitrogen and oxygen atoms in total. The van der Waals surface area contributed by atoms with Crippen molar-refractivity contribution in [2.75, 3.05) is 4.90 Å². The molecule has 2 aliphatic rings. The van der Waals surface area contributed by atoms with Crippen LogP contribution in [-0.4, -0.2) is 0 Å². The van der Waals surface area contributed by atoms with Gasteiger partial charge in [-0.25, -0.2) is 0 Å². The van der Waals surface area contributed by atoms with Gasteiger partial charge in [-0.15, -0.1) is 0 Å². The fourth-order valence-electron chi connectivity index (χ4n) is 10.3. The van der Waals surface area contributed by atoms with Gasteiger partial charge in [0.25, 0.3) is 0 Å². The Labute approximate surface area is 381 Å². The van der Waals surface area contributed by atoms with Gasteiger partial charge in [0.05, 0.1) is 5.69 Å². The Bertz CT molecular complexity index is 3410. The topological polar surface area (TPSA) is 12.5 Å². The first-order chi connectivity index (χ1) is 32.0. The van der Waals surface area contributed by atoms with Crippen molar-refractivity contribution in [2.45, 2.75) is 19.3 Å². The molecule has 1 aliphatic carbocycles. The maximum atomic E-state index is 7.26. The highest BCUT2D eigenvalue weighted by Crippen LogP contribution is 2.56. The highest BCUT2D eigenvalue weighted by Gasteiger charge is 2.36. The Kier molecular flexibility index (Phi) is 9.21. The summed E-state index contributed by atoms with van der Waals surface area (Å²) in [6, 6.07) is 85.7. The Morgan fingerprint density at radius 1 is 0.308 bits per heavy atom. The third-order valence-corrected chi connectivity index (χ3v) is 13.5. The van der Waals surface area contributed by atoms with Crippen molar-refractivity contribution >= 4 is 17.1 Å². The lowest BCUT2D eigenvalue weighted by Gasteiger charge is -2.30. The van der Waals surface area contributed by atoms with E-state index in [1.165, 1.54) is 44.5 Å². The average molecular weight is 832 g/mol. The van der Waals surface area contributed by atoms with E-state index >= 15 is 0 Å². The number of nitrogens with zero attached hydrogens (tertiary/aromatic N) is 1. The summed E-state index contributed by atoms with van der Waals surface area (Å²) >= 11 is 0. The lowest BCUT2D eigenvalue weighted by Crippen LogP contribution is -2.17. The highest BCUT2D eigenvalue weighted by atomic mass is 16.5. The molecule has 10 aromatic carbocycles. The van der Waals surface area contributed by atoms with Crippen LogP contribution in [0.2, 0.25) is 0 Å². The van der Waals surface area contributed by atoms with Crippen LogP contribution in [-0.2, 0) is 5.41 Å². The summed E-state index contributed by atoms with van der Waals surface area (Å²) in [5, 5.41) is 0. The van der Waals surface area contributed by atoms with E-state index in [0.29, 0.717) is 0 Å². The van der Waals surface area contributed by atoms with Crippen molar-refractivity contribution in [1.82, 2.24) is 0 Å². The summed E-state index contributed by atoms with van der Waals surface area (Å²) < 4.78 is 7.26. The number of ether oxygens (including phenoxy) is 1. The van der Waals surface area contributed by atoms with Crippen LogP contribution in [0.25, 0.3) is 77.9 Å². The molecule has 12 rings (SSSR count). The fraction of sp³-hybridized carbons (Fsp3) is 0.0476. The largest absolute Gasteiger partial charge is 0.456 e. The number of fused-ring (bicyclic) bond motifs is 8. The number of anilines is 3. The minimum atomic E-state index is -0.173. The van der Waals surface area contributed by atoms with Crippen LogP contribution >= 0.6 is 0 Å². The van der Waals surface area contributed by atoms with E-state index in [4.69, 9.17) is 4.74 Å². The molecule has 65 heavy (non-hydrogen) atoms. The summed E-state index contributed by atoms with van der Waals surface area (Å²) in [4.78, 5) is 2.45. The Morgan fingerprint density at radius 3 is 1.52 bits per heavy atom. The maximum Gasteiger partial charge on any atom is 0.137 e. The zero-order valence-corrected chi connectivity index (χ0v) is 36.4. The van der Waals surface area contributed by atoms with Crippen LogP contribution < -0.4 is 9.64 Å². The van der Waals surface area contributed by atoms with Crippen molar-refractivity contribution in [2.24, 2.45) is 0 Å². The summed E-state index contributed by atoms with van der Waals surface area (Å²) in [7, 11) is 0. The molecule has 0 N–H and O–H groups in total. The van der Waals surface area contributed by atoms with Gasteiger partial charge < -0.3 is 9.64 Å². The lowest BCUT2D eigenvalue weighted by molar-refractivity contribution is 0.488. The van der Waals surface area contributed by atoms with Gasteiger partial charge in [-0.3, -0.25) is 0 Å². The van der Waals surface area contributed by atoms with Gasteiger partial charge in [0.2, 0.25) is 0 Å². The second kappa shape index (κ2) is 15.6. The Hall–Kier alpha value is -8.20. The molecule has 10 aromatic rings. The third kappa shape index (κ3) is 6.57. The first kappa shape index (κ1) is 38.5. The van der Waals surface area contributed by atoms with Gasteiger partial charge in [-0.1, -0.05) is 202 Å². The van der Waals surface area contributed by atoms with Crippen LogP contribution in [0.3, 0.4) is 0 Å². The van der Waals surface area contributed by atoms with Gasteiger partial charge in [0.1, 0.15) is 11.5 Å². The van der Waals surface area contributed by atoms with E-state index in [1.54, 1.807) is 0 Å². The second-order valence-corrected chi connectivity index (χ2v) is 17.7. The molecule has 0 radical (unpaired) electrons. The van der Waals surface area contributed by atoms with Crippen LogP contribution in [0.15, 0.2) is 237 Å². The summed E-state index contributed by atoms with van der Waals surface area (Å²) in [5.74, 6) is 1.64. The van der Waals surface area contributed by atoms with Crippen LogP contribution in [0.4, 0.5) is 17.1 Å². The molecule has 0 amide bonds. The van der Waals surface area contributed by atoms with E-state index < -0.39 is 0 Å². The molecule has 0 unspecified atom stereocenters. The number of rotatable bonds is 7. The summed E-state index contributed by atoms with van der Waals surface area (Å²) in [6.45, 7) is 4.71. The Morgan fingerprint density at radius 2 is 0.800 bits per heavy atom. The molecule has 0 saturated heterocycles. The van der Waals surface area contributed by atoms with Crippen molar-refractivity contribution in [3.63, 3.8) is 0 Å². The number of hydrogen-bond donors (Lipinski definition) is 0. The fourth-order valence-corrected chi connectivity index (χ4v) is 10.3. The Balaban J connectivity index is 1.09. The number of hydrogen-bond acceptors (Lipinski definition) is 2. The number of benzene rings is 10. The van der Waals surface area contributed by atoms with E-state index in [1.807, 2.05) is 0 Å². The minimum absolute atomic E-state index is 0.173. The normalized spacial score (nSPS) is 12.7. The maximum absolute atomic E-state index is 7.26.